The van der Waals surface area contributed by atoms with Crippen molar-refractivity contribution in [1.29, 1.82) is 0 Å². The summed E-state index contributed by atoms with van der Waals surface area (Å²) in [4.78, 5) is 0. The number of nitrogens with one attached hydrogen (secondary N) is 1. The Labute approximate surface area is 93.6 Å². The molecule has 0 bridgehead atoms. The summed E-state index contributed by atoms with van der Waals surface area (Å²) in [6, 6.07) is 0.472. The molecule has 1 N–H and O–H groups in total. The van der Waals surface area contributed by atoms with Crippen molar-refractivity contribution in [3.63, 3.8) is 0 Å². The molecule has 0 aromatic heterocycles. The Morgan fingerprint density at radius 3 is 2.47 bits per heavy atom. The fourth-order valence-electron chi connectivity index (χ4n) is 2.21. The predicted molar refractivity (Wildman–Crippen MR) is 63.8 cm³/mol. The van der Waals surface area contributed by atoms with Crippen LogP contribution in [0.5, 0.6) is 0 Å². The van der Waals surface area contributed by atoms with E-state index >= 15 is 0 Å². The van der Waals surface area contributed by atoms with Crippen LogP contribution in [0.1, 0.15) is 39.5 Å². The fraction of sp³-hybridized carbons (Fsp3) is 1.00. The number of hydrogen-bond acceptors (Lipinski definition) is 3. The Hall–Kier alpha value is -0.0900. The Bertz CT molecular complexity index is 268. The summed E-state index contributed by atoms with van der Waals surface area (Å²) < 4.78 is 22.5. The molecule has 1 fully saturated rings. The molecule has 1 rings (SSSR count). The maximum Gasteiger partial charge on any atom is 0.151 e. The zero-order valence-corrected chi connectivity index (χ0v) is 10.6. The van der Waals surface area contributed by atoms with Gasteiger partial charge in [-0.3, -0.25) is 0 Å². The molecular weight excluding hydrogens is 210 g/mol. The molecule has 1 atom stereocenters. The Morgan fingerprint density at radius 2 is 1.93 bits per heavy atom. The van der Waals surface area contributed by atoms with Gasteiger partial charge in [-0.2, -0.15) is 0 Å². The van der Waals surface area contributed by atoms with E-state index in [2.05, 4.69) is 12.2 Å². The van der Waals surface area contributed by atoms with Crippen LogP contribution in [0.15, 0.2) is 0 Å². The van der Waals surface area contributed by atoms with Gasteiger partial charge in [0.05, 0.1) is 5.75 Å². The first-order chi connectivity index (χ1) is 7.05. The van der Waals surface area contributed by atoms with Crippen LogP contribution in [0, 0.1) is 5.92 Å². The average Bonchev–Trinajstić information content (AvgIpc) is 2.70. The molecule has 0 radical (unpaired) electrons. The summed E-state index contributed by atoms with van der Waals surface area (Å²) in [5.74, 6) is 1.29. The van der Waals surface area contributed by atoms with Gasteiger partial charge in [0, 0.05) is 18.3 Å². The van der Waals surface area contributed by atoms with Crippen molar-refractivity contribution in [3.8, 4) is 0 Å². The number of sulfone groups is 1. The Kier molecular flexibility index (Phi) is 5.06. The highest BCUT2D eigenvalue weighted by molar-refractivity contribution is 7.91. The van der Waals surface area contributed by atoms with Gasteiger partial charge in [0.1, 0.15) is 0 Å². The molecule has 0 amide bonds. The highest BCUT2D eigenvalue weighted by atomic mass is 32.2. The zero-order chi connectivity index (χ0) is 11.3. The average molecular weight is 233 g/mol. The summed E-state index contributed by atoms with van der Waals surface area (Å²) >= 11 is 0. The smallest absolute Gasteiger partial charge is 0.151 e. The maximum atomic E-state index is 11.3. The second-order valence-corrected chi connectivity index (χ2v) is 7.00. The molecule has 0 spiro atoms. The van der Waals surface area contributed by atoms with Crippen LogP contribution in [-0.2, 0) is 9.84 Å². The van der Waals surface area contributed by atoms with Crippen LogP contribution in [0.25, 0.3) is 0 Å². The van der Waals surface area contributed by atoms with Gasteiger partial charge in [-0.15, -0.1) is 0 Å². The third-order valence-corrected chi connectivity index (χ3v) is 5.13. The molecule has 0 heterocycles. The molecule has 4 heteroatoms. The molecule has 15 heavy (non-hydrogen) atoms. The molecule has 0 aliphatic heterocycles. The summed E-state index contributed by atoms with van der Waals surface area (Å²) in [6.45, 7) is 4.48. The van der Waals surface area contributed by atoms with Crippen LogP contribution in [0.3, 0.4) is 0 Å². The quantitative estimate of drug-likeness (QED) is 0.758. The minimum atomic E-state index is -2.80. The molecule has 1 saturated carbocycles. The molecule has 1 aliphatic rings. The van der Waals surface area contributed by atoms with E-state index in [4.69, 9.17) is 0 Å². The zero-order valence-electron chi connectivity index (χ0n) is 9.83. The first-order valence-electron chi connectivity index (χ1n) is 5.99. The first-order valence-corrected chi connectivity index (χ1v) is 7.81. The molecule has 0 aromatic rings. The normalized spacial score (nSPS) is 20.7. The van der Waals surface area contributed by atoms with Gasteiger partial charge in [0.2, 0.25) is 0 Å². The van der Waals surface area contributed by atoms with Gasteiger partial charge < -0.3 is 5.32 Å². The Morgan fingerprint density at radius 1 is 1.33 bits per heavy atom. The van der Waals surface area contributed by atoms with Crippen molar-refractivity contribution in [2.24, 2.45) is 5.92 Å². The van der Waals surface area contributed by atoms with E-state index in [9.17, 15) is 8.42 Å². The van der Waals surface area contributed by atoms with Crippen molar-refractivity contribution in [3.05, 3.63) is 0 Å². The highest BCUT2D eigenvalue weighted by Crippen LogP contribution is 2.27. The van der Waals surface area contributed by atoms with E-state index in [1.54, 1.807) is 6.92 Å². The minimum absolute atomic E-state index is 0.256. The fourth-order valence-corrected chi connectivity index (χ4v) is 2.93. The van der Waals surface area contributed by atoms with Gasteiger partial charge in [-0.1, -0.05) is 19.8 Å². The maximum absolute atomic E-state index is 11.3. The molecular formula is C11H23NO2S. The number of rotatable bonds is 6. The third kappa shape index (κ3) is 4.51. The van der Waals surface area contributed by atoms with E-state index in [0.29, 0.717) is 12.6 Å². The third-order valence-electron chi connectivity index (χ3n) is 3.43. The lowest BCUT2D eigenvalue weighted by Crippen LogP contribution is -2.35. The van der Waals surface area contributed by atoms with Gasteiger partial charge in [-0.05, 0) is 25.7 Å². The topological polar surface area (TPSA) is 46.2 Å². The second-order valence-electron chi connectivity index (χ2n) is 4.52. The van der Waals surface area contributed by atoms with Crippen LogP contribution in [-0.4, -0.2) is 32.5 Å². The summed E-state index contributed by atoms with van der Waals surface area (Å²) in [5, 5.41) is 3.34. The minimum Gasteiger partial charge on any atom is -0.313 e. The second kappa shape index (κ2) is 5.85. The van der Waals surface area contributed by atoms with E-state index in [0.717, 1.165) is 5.92 Å². The van der Waals surface area contributed by atoms with E-state index in [1.165, 1.54) is 25.7 Å². The lowest BCUT2D eigenvalue weighted by molar-refractivity contribution is 0.389. The van der Waals surface area contributed by atoms with Crippen LogP contribution in [0.2, 0.25) is 0 Å². The van der Waals surface area contributed by atoms with E-state index in [-0.39, 0.29) is 11.5 Å². The largest absolute Gasteiger partial charge is 0.313 e. The highest BCUT2D eigenvalue weighted by Gasteiger charge is 2.21. The Balaban J connectivity index is 2.19. The molecule has 3 nitrogen and oxygen atoms in total. The van der Waals surface area contributed by atoms with Crippen LogP contribution < -0.4 is 5.32 Å². The number of hydrogen-bond donors (Lipinski definition) is 1. The SMILES string of the molecule is CCS(=O)(=O)CCN[C@H](C)C1CCCC1. The summed E-state index contributed by atoms with van der Waals surface area (Å²) in [6.07, 6.45) is 5.28. The van der Waals surface area contributed by atoms with Gasteiger partial charge in [0.25, 0.3) is 0 Å². The van der Waals surface area contributed by atoms with Crippen LogP contribution in [0.4, 0.5) is 0 Å². The van der Waals surface area contributed by atoms with Crippen molar-refractivity contribution in [2.45, 2.75) is 45.6 Å². The van der Waals surface area contributed by atoms with Crippen molar-refractivity contribution < 1.29 is 8.42 Å². The van der Waals surface area contributed by atoms with Crippen molar-refractivity contribution in [1.82, 2.24) is 5.32 Å². The lowest BCUT2D eigenvalue weighted by Gasteiger charge is -2.20. The molecule has 0 aromatic carbocycles. The van der Waals surface area contributed by atoms with Crippen molar-refractivity contribution >= 4 is 9.84 Å². The van der Waals surface area contributed by atoms with Crippen molar-refractivity contribution in [2.75, 3.05) is 18.1 Å². The van der Waals surface area contributed by atoms with E-state index in [1.807, 2.05) is 0 Å². The van der Waals surface area contributed by atoms with Gasteiger partial charge in [0.15, 0.2) is 9.84 Å². The lowest BCUT2D eigenvalue weighted by atomic mass is 10.00. The van der Waals surface area contributed by atoms with Gasteiger partial charge >= 0.3 is 0 Å². The van der Waals surface area contributed by atoms with Gasteiger partial charge in [-0.25, -0.2) is 8.42 Å². The molecule has 90 valence electrons. The predicted octanol–water partition coefficient (Wildman–Crippen LogP) is 1.59. The molecule has 0 saturated heterocycles. The summed E-state index contributed by atoms with van der Waals surface area (Å²) in [5.41, 5.74) is 0. The molecule has 1 aliphatic carbocycles. The monoisotopic (exact) mass is 233 g/mol. The molecule has 0 unspecified atom stereocenters. The summed E-state index contributed by atoms with van der Waals surface area (Å²) in [7, 11) is -2.80. The first kappa shape index (κ1) is 13.0. The van der Waals surface area contributed by atoms with Crippen LogP contribution >= 0.6 is 0 Å². The van der Waals surface area contributed by atoms with E-state index < -0.39 is 9.84 Å². The standard InChI is InChI=1S/C11H23NO2S/c1-3-15(13,14)9-8-12-10(2)11-6-4-5-7-11/h10-12H,3-9H2,1-2H3/t10-/m1/s1.